The molecule has 0 aliphatic heterocycles. The van der Waals surface area contributed by atoms with Crippen LogP contribution in [0.3, 0.4) is 0 Å². The molecule has 3 N–H and O–H groups in total. The third-order valence-corrected chi connectivity index (χ3v) is 6.42. The Bertz CT molecular complexity index is 1010. The first-order valence-corrected chi connectivity index (χ1v) is 11.9. The van der Waals surface area contributed by atoms with Crippen LogP contribution in [0.1, 0.15) is 37.3 Å². The summed E-state index contributed by atoms with van der Waals surface area (Å²) in [4.78, 5) is 38.5. The van der Waals surface area contributed by atoms with E-state index in [9.17, 15) is 14.4 Å². The zero-order valence-electron chi connectivity index (χ0n) is 20.8. The van der Waals surface area contributed by atoms with Gasteiger partial charge in [0.2, 0.25) is 5.91 Å². The first-order valence-electron chi connectivity index (χ1n) is 11.9. The zero-order chi connectivity index (χ0) is 25.5. The van der Waals surface area contributed by atoms with Crippen LogP contribution >= 0.6 is 0 Å². The third-order valence-electron chi connectivity index (χ3n) is 6.42. The highest BCUT2D eigenvalue weighted by atomic mass is 16.5. The molecule has 0 radical (unpaired) electrons. The minimum atomic E-state index is -0.903. The molecule has 8 nitrogen and oxygen atoms in total. The number of amides is 2. The summed E-state index contributed by atoms with van der Waals surface area (Å²) in [7, 11) is 3.61. The maximum Gasteiger partial charge on any atom is 0.407 e. The highest BCUT2D eigenvalue weighted by Crippen LogP contribution is 2.44. The summed E-state index contributed by atoms with van der Waals surface area (Å²) in [6.07, 6.45) is -0.698. The number of fused-ring (bicyclic) bond motifs is 3. The van der Waals surface area contributed by atoms with Gasteiger partial charge in [0.05, 0.1) is 6.42 Å². The number of carbonyl (C=O) groups is 3. The molecule has 8 heteroatoms. The van der Waals surface area contributed by atoms with Gasteiger partial charge in [-0.25, -0.2) is 4.79 Å². The molecule has 1 unspecified atom stereocenters. The second kappa shape index (κ2) is 11.8. The average Bonchev–Trinajstić information content (AvgIpc) is 3.13. The number of carboxylic acids is 1. The van der Waals surface area contributed by atoms with Crippen molar-refractivity contribution in [1.82, 2.24) is 15.5 Å². The summed E-state index contributed by atoms with van der Waals surface area (Å²) < 4.78 is 5.59. The molecule has 188 valence electrons. The molecule has 0 saturated heterocycles. The Morgan fingerprint density at radius 2 is 1.57 bits per heavy atom. The lowest BCUT2D eigenvalue weighted by Crippen LogP contribution is -2.52. The second-order valence-corrected chi connectivity index (χ2v) is 9.63. The Labute approximate surface area is 206 Å². The van der Waals surface area contributed by atoms with Gasteiger partial charge >= 0.3 is 12.1 Å². The molecule has 2 aromatic rings. The Hall–Kier alpha value is -3.39. The largest absolute Gasteiger partial charge is 0.481 e. The van der Waals surface area contributed by atoms with Crippen molar-refractivity contribution in [1.29, 1.82) is 0 Å². The number of ether oxygens (including phenoxy) is 1. The molecule has 2 atom stereocenters. The number of benzene rings is 2. The number of rotatable bonds is 11. The lowest BCUT2D eigenvalue weighted by atomic mass is 9.92. The molecule has 2 aromatic carbocycles. The smallest absolute Gasteiger partial charge is 0.407 e. The van der Waals surface area contributed by atoms with E-state index in [4.69, 9.17) is 9.84 Å². The number of likely N-dealkylation sites (N-methyl/N-ethyl adjacent to an activating group) is 1. The van der Waals surface area contributed by atoms with Crippen molar-refractivity contribution in [2.75, 3.05) is 33.8 Å². The van der Waals surface area contributed by atoms with E-state index < -0.39 is 18.1 Å². The summed E-state index contributed by atoms with van der Waals surface area (Å²) in [5, 5.41) is 14.6. The van der Waals surface area contributed by atoms with E-state index in [1.165, 1.54) is 0 Å². The fourth-order valence-corrected chi connectivity index (χ4v) is 4.46. The molecule has 2 amide bonds. The minimum Gasteiger partial charge on any atom is -0.481 e. The maximum absolute atomic E-state index is 12.9. The van der Waals surface area contributed by atoms with Crippen molar-refractivity contribution in [2.45, 2.75) is 32.2 Å². The molecule has 35 heavy (non-hydrogen) atoms. The van der Waals surface area contributed by atoms with E-state index >= 15 is 0 Å². The van der Waals surface area contributed by atoms with Crippen LogP contribution < -0.4 is 10.6 Å². The topological polar surface area (TPSA) is 108 Å². The van der Waals surface area contributed by atoms with Gasteiger partial charge < -0.3 is 25.4 Å². The van der Waals surface area contributed by atoms with Crippen LogP contribution in [0.4, 0.5) is 4.79 Å². The second-order valence-electron chi connectivity index (χ2n) is 9.63. The Kier molecular flexibility index (Phi) is 8.87. The maximum atomic E-state index is 12.9. The predicted molar refractivity (Wildman–Crippen MR) is 134 cm³/mol. The fraction of sp³-hybridized carbons (Fsp3) is 0.444. The molecule has 0 spiro atoms. The van der Waals surface area contributed by atoms with E-state index in [1.807, 2.05) is 50.2 Å². The molecule has 0 fully saturated rings. The summed E-state index contributed by atoms with van der Waals surface area (Å²) in [6.45, 7) is 4.50. The van der Waals surface area contributed by atoms with Gasteiger partial charge in [-0.05, 0) is 48.2 Å². The normalized spacial score (nSPS) is 14.2. The van der Waals surface area contributed by atoms with Gasteiger partial charge in [-0.2, -0.15) is 0 Å². The van der Waals surface area contributed by atoms with Crippen LogP contribution in [0, 0.1) is 11.8 Å². The number of alkyl carbamates (subject to hydrolysis) is 1. The molecule has 0 aromatic heterocycles. The van der Waals surface area contributed by atoms with Gasteiger partial charge in [0.25, 0.3) is 0 Å². The zero-order valence-corrected chi connectivity index (χ0v) is 20.8. The van der Waals surface area contributed by atoms with Crippen LogP contribution in [-0.2, 0) is 14.3 Å². The van der Waals surface area contributed by atoms with Gasteiger partial charge in [0.15, 0.2) is 0 Å². The van der Waals surface area contributed by atoms with E-state index in [2.05, 4.69) is 22.8 Å². The highest BCUT2D eigenvalue weighted by Gasteiger charge is 2.30. The first-order chi connectivity index (χ1) is 16.7. The molecule has 0 bridgehead atoms. The average molecular weight is 482 g/mol. The Morgan fingerprint density at radius 3 is 2.09 bits per heavy atom. The van der Waals surface area contributed by atoms with Crippen molar-refractivity contribution in [3.63, 3.8) is 0 Å². The number of hydrogen-bond acceptors (Lipinski definition) is 5. The quantitative estimate of drug-likeness (QED) is 0.454. The number of carbonyl (C=O) groups excluding carboxylic acids is 2. The number of aliphatic carboxylic acids is 1. The summed E-state index contributed by atoms with van der Waals surface area (Å²) in [6, 6.07) is 15.3. The van der Waals surface area contributed by atoms with Crippen molar-refractivity contribution in [2.24, 2.45) is 11.8 Å². The van der Waals surface area contributed by atoms with E-state index in [0.29, 0.717) is 0 Å². The minimum absolute atomic E-state index is 0.0316. The monoisotopic (exact) mass is 481 g/mol. The molecule has 0 saturated carbocycles. The molecule has 0 heterocycles. The van der Waals surface area contributed by atoms with Crippen LogP contribution in [0.15, 0.2) is 48.5 Å². The number of hydrogen-bond donors (Lipinski definition) is 3. The Morgan fingerprint density at radius 1 is 1.00 bits per heavy atom. The lowest BCUT2D eigenvalue weighted by molar-refractivity contribution is -0.138. The van der Waals surface area contributed by atoms with Crippen molar-refractivity contribution in [3.8, 4) is 11.1 Å². The number of carboxylic acid groups (broad SMARTS) is 1. The molecule has 1 aliphatic carbocycles. The van der Waals surface area contributed by atoms with Crippen molar-refractivity contribution >= 4 is 18.0 Å². The summed E-state index contributed by atoms with van der Waals surface area (Å²) in [5.74, 6) is -1.46. The van der Waals surface area contributed by atoms with Crippen LogP contribution in [0.25, 0.3) is 11.1 Å². The number of nitrogens with zero attached hydrogens (tertiary/aromatic N) is 1. The van der Waals surface area contributed by atoms with Crippen molar-refractivity contribution < 1.29 is 24.2 Å². The van der Waals surface area contributed by atoms with Gasteiger partial charge in [-0.3, -0.25) is 9.59 Å². The first kappa shape index (κ1) is 26.2. The van der Waals surface area contributed by atoms with Crippen LogP contribution in [0.5, 0.6) is 0 Å². The van der Waals surface area contributed by atoms with Crippen LogP contribution in [-0.4, -0.2) is 67.8 Å². The standard InChI is InChI=1S/C27H35N3O5/c1-17(2)18(13-25(31)32)14-28-26(33)24(15-30(3)4)29-27(34)35-16-23-21-11-7-5-9-19(21)20-10-6-8-12-22(20)23/h5-12,17-18,23-24H,13-16H2,1-4H3,(H,28,33)(H,29,34)(H,31,32)/t18?,24-/m0/s1. The SMILES string of the molecule is CC(C)C(CNC(=O)[C@H](CN(C)C)NC(=O)OCC1c2ccccc2-c2ccccc21)CC(=O)O. The summed E-state index contributed by atoms with van der Waals surface area (Å²) >= 11 is 0. The van der Waals surface area contributed by atoms with Crippen LogP contribution in [0.2, 0.25) is 0 Å². The highest BCUT2D eigenvalue weighted by molar-refractivity contribution is 5.86. The van der Waals surface area contributed by atoms with Gasteiger partial charge in [-0.15, -0.1) is 0 Å². The fourth-order valence-electron chi connectivity index (χ4n) is 4.46. The Balaban J connectivity index is 1.62. The molecular weight excluding hydrogens is 446 g/mol. The lowest BCUT2D eigenvalue weighted by Gasteiger charge is -2.24. The van der Waals surface area contributed by atoms with E-state index in [-0.39, 0.29) is 49.8 Å². The van der Waals surface area contributed by atoms with E-state index in [0.717, 1.165) is 22.3 Å². The number of nitrogens with one attached hydrogen (secondary N) is 2. The molecule has 3 rings (SSSR count). The summed E-state index contributed by atoms with van der Waals surface area (Å²) in [5.41, 5.74) is 4.51. The molecular formula is C27H35N3O5. The van der Waals surface area contributed by atoms with E-state index in [1.54, 1.807) is 19.0 Å². The van der Waals surface area contributed by atoms with Gasteiger partial charge in [0, 0.05) is 19.0 Å². The van der Waals surface area contributed by atoms with Gasteiger partial charge in [0.1, 0.15) is 12.6 Å². The van der Waals surface area contributed by atoms with Gasteiger partial charge in [-0.1, -0.05) is 62.4 Å². The van der Waals surface area contributed by atoms with Crippen molar-refractivity contribution in [3.05, 3.63) is 59.7 Å². The predicted octanol–water partition coefficient (Wildman–Crippen LogP) is 3.32. The third kappa shape index (κ3) is 6.82. The molecule has 1 aliphatic rings.